The van der Waals surface area contributed by atoms with Crippen molar-refractivity contribution in [1.29, 1.82) is 0 Å². The van der Waals surface area contributed by atoms with E-state index in [2.05, 4.69) is 86.2 Å². The van der Waals surface area contributed by atoms with Crippen molar-refractivity contribution in [2.75, 3.05) is 6.67 Å². The Morgan fingerprint density at radius 1 is 0.696 bits per heavy atom. The van der Waals surface area contributed by atoms with E-state index < -0.39 is 0 Å². The van der Waals surface area contributed by atoms with Crippen molar-refractivity contribution in [3.63, 3.8) is 0 Å². The summed E-state index contributed by atoms with van der Waals surface area (Å²) in [6, 6.07) is 16.9. The first kappa shape index (κ1) is 17.1. The van der Waals surface area contributed by atoms with Crippen LogP contribution in [0.15, 0.2) is 58.5 Å². The second-order valence-corrected chi connectivity index (χ2v) is 5.65. The first-order valence-electron chi connectivity index (χ1n) is 8.36. The standard InChI is InChI=1S/C21H26N2/c1-5-18-11-7-9-13-20(18)16(3)22-15-23-17(4)21-14-10-8-12-19(21)6-2/h7-14H,5-6,15H2,1-4H3. The van der Waals surface area contributed by atoms with Gasteiger partial charge in [0.2, 0.25) is 0 Å². The fraction of sp³-hybridized carbons (Fsp3) is 0.333. The van der Waals surface area contributed by atoms with Crippen LogP contribution in [0.2, 0.25) is 0 Å². The number of hydrogen-bond acceptors (Lipinski definition) is 2. The Kier molecular flexibility index (Phi) is 6.28. The van der Waals surface area contributed by atoms with E-state index in [1.807, 2.05) is 0 Å². The van der Waals surface area contributed by atoms with Crippen LogP contribution in [0.4, 0.5) is 0 Å². The minimum Gasteiger partial charge on any atom is -0.266 e. The molecule has 120 valence electrons. The second kappa shape index (κ2) is 8.42. The van der Waals surface area contributed by atoms with E-state index in [9.17, 15) is 0 Å². The highest BCUT2D eigenvalue weighted by Crippen LogP contribution is 2.12. The van der Waals surface area contributed by atoms with Crippen LogP contribution in [0.25, 0.3) is 0 Å². The highest BCUT2D eigenvalue weighted by molar-refractivity contribution is 6.01. The summed E-state index contributed by atoms with van der Waals surface area (Å²) < 4.78 is 0. The van der Waals surface area contributed by atoms with Crippen molar-refractivity contribution in [3.8, 4) is 0 Å². The van der Waals surface area contributed by atoms with Gasteiger partial charge in [0, 0.05) is 11.4 Å². The topological polar surface area (TPSA) is 24.7 Å². The van der Waals surface area contributed by atoms with Gasteiger partial charge in [-0.15, -0.1) is 0 Å². The molecule has 2 rings (SSSR count). The molecule has 0 amide bonds. The zero-order valence-corrected chi connectivity index (χ0v) is 14.6. The third-order valence-electron chi connectivity index (χ3n) is 4.19. The Balaban J connectivity index is 2.16. The first-order valence-corrected chi connectivity index (χ1v) is 8.36. The van der Waals surface area contributed by atoms with Crippen molar-refractivity contribution in [1.82, 2.24) is 0 Å². The van der Waals surface area contributed by atoms with Crippen LogP contribution >= 0.6 is 0 Å². The van der Waals surface area contributed by atoms with Gasteiger partial charge in [-0.25, -0.2) is 0 Å². The third-order valence-corrected chi connectivity index (χ3v) is 4.19. The zero-order chi connectivity index (χ0) is 16.7. The van der Waals surface area contributed by atoms with Crippen molar-refractivity contribution < 1.29 is 0 Å². The third kappa shape index (κ3) is 4.38. The van der Waals surface area contributed by atoms with E-state index in [0.717, 1.165) is 24.3 Å². The summed E-state index contributed by atoms with van der Waals surface area (Å²) in [6.07, 6.45) is 2.05. The van der Waals surface area contributed by atoms with Gasteiger partial charge in [0.25, 0.3) is 0 Å². The minimum atomic E-state index is 0.480. The molecule has 0 bridgehead atoms. The molecule has 23 heavy (non-hydrogen) atoms. The maximum Gasteiger partial charge on any atom is 0.129 e. The van der Waals surface area contributed by atoms with Gasteiger partial charge in [-0.1, -0.05) is 62.4 Å². The largest absolute Gasteiger partial charge is 0.266 e. The quantitative estimate of drug-likeness (QED) is 0.664. The lowest BCUT2D eigenvalue weighted by atomic mass is 10.0. The first-order chi connectivity index (χ1) is 11.2. The average Bonchev–Trinajstić information content (AvgIpc) is 2.61. The van der Waals surface area contributed by atoms with Gasteiger partial charge in [0.15, 0.2) is 0 Å². The van der Waals surface area contributed by atoms with Gasteiger partial charge >= 0.3 is 0 Å². The van der Waals surface area contributed by atoms with Crippen LogP contribution in [0.3, 0.4) is 0 Å². The highest BCUT2D eigenvalue weighted by atomic mass is 14.9. The van der Waals surface area contributed by atoms with Gasteiger partial charge in [0.1, 0.15) is 6.67 Å². The molecular formula is C21H26N2. The zero-order valence-electron chi connectivity index (χ0n) is 14.6. The van der Waals surface area contributed by atoms with E-state index in [-0.39, 0.29) is 0 Å². The van der Waals surface area contributed by atoms with Gasteiger partial charge in [0.05, 0.1) is 0 Å². The molecule has 0 radical (unpaired) electrons. The smallest absolute Gasteiger partial charge is 0.129 e. The summed E-state index contributed by atoms with van der Waals surface area (Å²) in [5, 5.41) is 0. The molecule has 0 aromatic heterocycles. The summed E-state index contributed by atoms with van der Waals surface area (Å²) in [7, 11) is 0. The van der Waals surface area contributed by atoms with E-state index in [1.165, 1.54) is 22.3 Å². The number of aryl methyl sites for hydroxylation is 2. The molecular weight excluding hydrogens is 280 g/mol. The second-order valence-electron chi connectivity index (χ2n) is 5.65. The van der Waals surface area contributed by atoms with Crippen LogP contribution in [-0.4, -0.2) is 18.1 Å². The lowest BCUT2D eigenvalue weighted by Gasteiger charge is -2.08. The molecule has 2 heteroatoms. The van der Waals surface area contributed by atoms with Crippen LogP contribution in [0.1, 0.15) is 49.9 Å². The Bertz CT molecular complexity index is 650. The van der Waals surface area contributed by atoms with Gasteiger partial charge < -0.3 is 0 Å². The molecule has 2 aromatic rings. The fourth-order valence-electron chi connectivity index (χ4n) is 2.78. The maximum absolute atomic E-state index is 4.65. The van der Waals surface area contributed by atoms with Crippen LogP contribution in [0, 0.1) is 0 Å². The van der Waals surface area contributed by atoms with E-state index >= 15 is 0 Å². The molecule has 0 spiro atoms. The van der Waals surface area contributed by atoms with Gasteiger partial charge in [-0.2, -0.15) is 0 Å². The maximum atomic E-state index is 4.65. The summed E-state index contributed by atoms with van der Waals surface area (Å²) in [4.78, 5) is 9.31. The monoisotopic (exact) mass is 306 g/mol. The summed E-state index contributed by atoms with van der Waals surface area (Å²) in [6.45, 7) is 8.97. The lowest BCUT2D eigenvalue weighted by Crippen LogP contribution is -2.03. The van der Waals surface area contributed by atoms with Crippen LogP contribution in [-0.2, 0) is 12.8 Å². The van der Waals surface area contributed by atoms with E-state index in [1.54, 1.807) is 0 Å². The van der Waals surface area contributed by atoms with Crippen molar-refractivity contribution in [2.45, 2.75) is 40.5 Å². The predicted octanol–water partition coefficient (Wildman–Crippen LogP) is 5.09. The van der Waals surface area contributed by atoms with Crippen LogP contribution < -0.4 is 0 Å². The molecule has 0 N–H and O–H groups in total. The Hall–Kier alpha value is -2.22. The van der Waals surface area contributed by atoms with Crippen molar-refractivity contribution in [2.24, 2.45) is 9.98 Å². The number of aliphatic imine (C=N–C) groups is 2. The molecule has 0 aliphatic carbocycles. The number of hydrogen-bond donors (Lipinski definition) is 0. The Morgan fingerprint density at radius 3 is 1.48 bits per heavy atom. The Morgan fingerprint density at radius 2 is 1.09 bits per heavy atom. The van der Waals surface area contributed by atoms with E-state index in [4.69, 9.17) is 0 Å². The molecule has 0 atom stereocenters. The fourth-order valence-corrected chi connectivity index (χ4v) is 2.78. The molecule has 0 unspecified atom stereocenters. The van der Waals surface area contributed by atoms with Crippen molar-refractivity contribution >= 4 is 11.4 Å². The van der Waals surface area contributed by atoms with Gasteiger partial charge in [-0.3, -0.25) is 9.98 Å². The highest BCUT2D eigenvalue weighted by Gasteiger charge is 2.04. The summed E-state index contributed by atoms with van der Waals surface area (Å²) >= 11 is 0. The van der Waals surface area contributed by atoms with Gasteiger partial charge in [-0.05, 0) is 48.9 Å². The number of benzene rings is 2. The molecule has 0 aliphatic rings. The normalized spacial score (nSPS) is 12.5. The molecule has 0 fully saturated rings. The van der Waals surface area contributed by atoms with Crippen LogP contribution in [0.5, 0.6) is 0 Å². The molecule has 0 heterocycles. The van der Waals surface area contributed by atoms with Crippen molar-refractivity contribution in [3.05, 3.63) is 70.8 Å². The molecule has 0 saturated heterocycles. The Labute approximate surface area is 140 Å². The molecule has 0 aliphatic heterocycles. The molecule has 2 aromatic carbocycles. The minimum absolute atomic E-state index is 0.480. The van der Waals surface area contributed by atoms with E-state index in [0.29, 0.717) is 6.67 Å². The summed E-state index contributed by atoms with van der Waals surface area (Å²) in [5.41, 5.74) is 7.26. The molecule has 2 nitrogen and oxygen atoms in total. The summed E-state index contributed by atoms with van der Waals surface area (Å²) in [5.74, 6) is 0. The number of rotatable bonds is 6. The lowest BCUT2D eigenvalue weighted by molar-refractivity contribution is 1.05. The predicted molar refractivity (Wildman–Crippen MR) is 101 cm³/mol. The SMILES string of the molecule is CCc1ccccc1C(C)=NCN=C(C)c1ccccc1CC. The average molecular weight is 306 g/mol. The number of nitrogens with zero attached hydrogens (tertiary/aromatic N) is 2. The molecule has 0 saturated carbocycles.